The summed E-state index contributed by atoms with van der Waals surface area (Å²) < 4.78 is 0. The van der Waals surface area contributed by atoms with Gasteiger partial charge in [0.15, 0.2) is 0 Å². The zero-order valence-corrected chi connectivity index (χ0v) is 15.5. The maximum atomic E-state index is 10.2. The standard InChI is InChI=1S/C23H25N3O/c27-18-23(20-10-5-2-6-11-20)13-7-15-26(17-23)22-12-14-24-21(25-22)16-19-8-3-1-4-9-19/h1-6,8-12,14,27H,7,13,15-18H2. The zero-order valence-electron chi connectivity index (χ0n) is 15.5. The molecule has 0 saturated carbocycles. The molecule has 1 aromatic heterocycles. The predicted octanol–water partition coefficient (Wildman–Crippen LogP) is 3.60. The molecule has 0 spiro atoms. The minimum Gasteiger partial charge on any atom is -0.395 e. The van der Waals surface area contributed by atoms with E-state index in [4.69, 9.17) is 4.98 Å². The normalized spacial score (nSPS) is 19.8. The maximum absolute atomic E-state index is 10.2. The fourth-order valence-corrected chi connectivity index (χ4v) is 4.00. The van der Waals surface area contributed by atoms with Crippen LogP contribution in [0.15, 0.2) is 72.9 Å². The summed E-state index contributed by atoms with van der Waals surface area (Å²) in [6, 6.07) is 22.7. The number of piperidine rings is 1. The Bertz CT molecular complexity index is 869. The van der Waals surface area contributed by atoms with Gasteiger partial charge in [-0.15, -0.1) is 0 Å². The topological polar surface area (TPSA) is 49.2 Å². The van der Waals surface area contributed by atoms with Gasteiger partial charge < -0.3 is 10.0 Å². The van der Waals surface area contributed by atoms with Crippen LogP contribution < -0.4 is 4.90 Å². The van der Waals surface area contributed by atoms with Crippen LogP contribution in [0.1, 0.15) is 29.8 Å². The minimum absolute atomic E-state index is 0.148. The Kier molecular flexibility index (Phi) is 5.16. The van der Waals surface area contributed by atoms with Gasteiger partial charge in [0.25, 0.3) is 0 Å². The summed E-state index contributed by atoms with van der Waals surface area (Å²) in [6.07, 6.45) is 4.60. The van der Waals surface area contributed by atoms with Gasteiger partial charge in [0.2, 0.25) is 0 Å². The van der Waals surface area contributed by atoms with Gasteiger partial charge in [0.05, 0.1) is 6.61 Å². The average Bonchev–Trinajstić information content (AvgIpc) is 2.75. The molecule has 1 N–H and O–H groups in total. The molecule has 1 atom stereocenters. The van der Waals surface area contributed by atoms with Gasteiger partial charge in [-0.3, -0.25) is 0 Å². The second-order valence-corrected chi connectivity index (χ2v) is 7.32. The molecule has 0 aliphatic carbocycles. The molecule has 1 aliphatic heterocycles. The Morgan fingerprint density at radius 2 is 1.70 bits per heavy atom. The molecule has 2 heterocycles. The summed E-state index contributed by atoms with van der Waals surface area (Å²) in [4.78, 5) is 11.6. The van der Waals surface area contributed by atoms with Gasteiger partial charge in [0.1, 0.15) is 11.6 Å². The van der Waals surface area contributed by atoms with Crippen molar-refractivity contribution >= 4 is 5.82 Å². The number of anilines is 1. The van der Waals surface area contributed by atoms with Gasteiger partial charge >= 0.3 is 0 Å². The van der Waals surface area contributed by atoms with Crippen molar-refractivity contribution in [2.75, 3.05) is 24.6 Å². The molecule has 1 fully saturated rings. The van der Waals surface area contributed by atoms with E-state index in [1.165, 1.54) is 11.1 Å². The molecule has 0 amide bonds. The van der Waals surface area contributed by atoms with Crippen LogP contribution in [0.3, 0.4) is 0 Å². The van der Waals surface area contributed by atoms with Crippen LogP contribution in [-0.4, -0.2) is 34.8 Å². The highest BCUT2D eigenvalue weighted by atomic mass is 16.3. The Hall–Kier alpha value is -2.72. The number of aliphatic hydroxyl groups is 1. The molecule has 0 radical (unpaired) electrons. The Morgan fingerprint density at radius 1 is 0.963 bits per heavy atom. The fraction of sp³-hybridized carbons (Fsp3) is 0.304. The van der Waals surface area contributed by atoms with Crippen LogP contribution in [0.25, 0.3) is 0 Å². The lowest BCUT2D eigenvalue weighted by Gasteiger charge is -2.42. The first kappa shape index (κ1) is 17.7. The van der Waals surface area contributed by atoms with E-state index in [1.54, 1.807) is 0 Å². The van der Waals surface area contributed by atoms with Crippen LogP contribution in [-0.2, 0) is 11.8 Å². The van der Waals surface area contributed by atoms with Gasteiger partial charge in [-0.25, -0.2) is 9.97 Å². The van der Waals surface area contributed by atoms with Crippen molar-refractivity contribution in [1.29, 1.82) is 0 Å². The molecule has 0 bridgehead atoms. The first-order valence-electron chi connectivity index (χ1n) is 9.56. The highest BCUT2D eigenvalue weighted by molar-refractivity contribution is 5.42. The maximum Gasteiger partial charge on any atom is 0.135 e. The minimum atomic E-state index is -0.232. The van der Waals surface area contributed by atoms with Crippen molar-refractivity contribution in [2.24, 2.45) is 0 Å². The average molecular weight is 359 g/mol. The third-order valence-electron chi connectivity index (χ3n) is 5.49. The summed E-state index contributed by atoms with van der Waals surface area (Å²) in [5, 5.41) is 10.2. The molecular weight excluding hydrogens is 334 g/mol. The Labute approximate surface area is 160 Å². The first-order chi connectivity index (χ1) is 13.3. The molecule has 4 nitrogen and oxygen atoms in total. The molecule has 1 aliphatic rings. The van der Waals surface area contributed by atoms with E-state index in [-0.39, 0.29) is 12.0 Å². The van der Waals surface area contributed by atoms with Crippen molar-refractivity contribution in [1.82, 2.24) is 9.97 Å². The number of nitrogens with zero attached hydrogens (tertiary/aromatic N) is 3. The van der Waals surface area contributed by atoms with E-state index in [1.807, 2.05) is 48.7 Å². The Morgan fingerprint density at radius 3 is 2.44 bits per heavy atom. The largest absolute Gasteiger partial charge is 0.395 e. The lowest BCUT2D eigenvalue weighted by molar-refractivity contribution is 0.172. The number of rotatable bonds is 5. The monoisotopic (exact) mass is 359 g/mol. The van der Waals surface area contributed by atoms with E-state index in [0.717, 1.165) is 44.0 Å². The molecule has 1 saturated heterocycles. The van der Waals surface area contributed by atoms with Gasteiger partial charge in [-0.2, -0.15) is 0 Å². The lowest BCUT2D eigenvalue weighted by Crippen LogP contribution is -2.48. The molecule has 4 heteroatoms. The molecule has 27 heavy (non-hydrogen) atoms. The van der Waals surface area contributed by atoms with E-state index in [2.05, 4.69) is 34.1 Å². The number of hydrogen-bond donors (Lipinski definition) is 1. The third kappa shape index (κ3) is 3.86. The number of hydrogen-bond acceptors (Lipinski definition) is 4. The van der Waals surface area contributed by atoms with Crippen molar-refractivity contribution in [2.45, 2.75) is 24.7 Å². The molecule has 2 aromatic carbocycles. The van der Waals surface area contributed by atoms with E-state index in [0.29, 0.717) is 0 Å². The summed E-state index contributed by atoms with van der Waals surface area (Å²) in [6.45, 7) is 1.88. The summed E-state index contributed by atoms with van der Waals surface area (Å²) >= 11 is 0. The second-order valence-electron chi connectivity index (χ2n) is 7.32. The van der Waals surface area contributed by atoms with Gasteiger partial charge in [0, 0.05) is 31.1 Å². The summed E-state index contributed by atoms with van der Waals surface area (Å²) in [5.74, 6) is 1.78. The third-order valence-corrected chi connectivity index (χ3v) is 5.49. The second kappa shape index (κ2) is 7.89. The smallest absolute Gasteiger partial charge is 0.135 e. The number of aromatic nitrogens is 2. The molecular formula is C23H25N3O. The van der Waals surface area contributed by atoms with Crippen molar-refractivity contribution in [3.63, 3.8) is 0 Å². The quantitative estimate of drug-likeness (QED) is 0.756. The number of aliphatic hydroxyl groups excluding tert-OH is 1. The van der Waals surface area contributed by atoms with Crippen LogP contribution >= 0.6 is 0 Å². The van der Waals surface area contributed by atoms with Crippen molar-refractivity contribution in [3.8, 4) is 0 Å². The van der Waals surface area contributed by atoms with E-state index >= 15 is 0 Å². The first-order valence-corrected chi connectivity index (χ1v) is 9.56. The van der Waals surface area contributed by atoms with Gasteiger partial charge in [-0.05, 0) is 30.0 Å². The number of benzene rings is 2. The lowest BCUT2D eigenvalue weighted by atomic mass is 9.75. The van der Waals surface area contributed by atoms with Crippen LogP contribution in [0.4, 0.5) is 5.82 Å². The van der Waals surface area contributed by atoms with Crippen LogP contribution in [0.2, 0.25) is 0 Å². The van der Waals surface area contributed by atoms with Crippen LogP contribution in [0.5, 0.6) is 0 Å². The highest BCUT2D eigenvalue weighted by Crippen LogP contribution is 2.35. The molecule has 3 aromatic rings. The van der Waals surface area contributed by atoms with E-state index in [9.17, 15) is 5.11 Å². The summed E-state index contributed by atoms with van der Waals surface area (Å²) in [5.41, 5.74) is 2.18. The Balaban J connectivity index is 1.57. The summed E-state index contributed by atoms with van der Waals surface area (Å²) in [7, 11) is 0. The van der Waals surface area contributed by atoms with Gasteiger partial charge in [-0.1, -0.05) is 60.7 Å². The molecule has 4 rings (SSSR count). The molecule has 138 valence electrons. The van der Waals surface area contributed by atoms with E-state index < -0.39 is 0 Å². The van der Waals surface area contributed by atoms with Crippen LogP contribution in [0, 0.1) is 0 Å². The van der Waals surface area contributed by atoms with Crippen molar-refractivity contribution < 1.29 is 5.11 Å². The SMILES string of the molecule is OCC1(c2ccccc2)CCCN(c2ccnc(Cc3ccccc3)n2)C1. The predicted molar refractivity (Wildman–Crippen MR) is 108 cm³/mol. The van der Waals surface area contributed by atoms with Crippen molar-refractivity contribution in [3.05, 3.63) is 89.9 Å². The highest BCUT2D eigenvalue weighted by Gasteiger charge is 2.37. The molecule has 1 unspecified atom stereocenters. The fourth-order valence-electron chi connectivity index (χ4n) is 4.00. The zero-order chi connectivity index (χ0) is 18.5.